The van der Waals surface area contributed by atoms with Gasteiger partial charge in [0.15, 0.2) is 0 Å². The quantitative estimate of drug-likeness (QED) is 0.184. The molecule has 10 rings (SSSR count). The van der Waals surface area contributed by atoms with Crippen molar-refractivity contribution in [1.29, 1.82) is 0 Å². The van der Waals surface area contributed by atoms with Crippen LogP contribution in [0.4, 0.5) is 17.1 Å². The summed E-state index contributed by atoms with van der Waals surface area (Å²) in [5, 5.41) is 4.83. The first-order valence-corrected chi connectivity index (χ1v) is 17.7. The molecule has 0 amide bonds. The van der Waals surface area contributed by atoms with Gasteiger partial charge in [0.05, 0.1) is 0 Å². The molecule has 1 heterocycles. The van der Waals surface area contributed by atoms with E-state index < -0.39 is 0 Å². The number of fused-ring (bicyclic) bond motifs is 7. The normalized spacial score (nSPS) is 13.1. The Hall–Kier alpha value is -6.38. The minimum atomic E-state index is -0.195. The molecule has 0 radical (unpaired) electrons. The second-order valence-electron chi connectivity index (χ2n) is 14.1. The summed E-state index contributed by atoms with van der Waals surface area (Å²) in [6.45, 7) is 4.72. The standard InChI is InChI=1S/C49H35NO/c1-49(2)45-30-34(40-19-11-20-44-43-17-8-9-21-47(43)51-48(40)44)24-28-41(45)42-29-27-37(31-46(42)49)50(35-14-4-3-5-15-35)36-25-22-33(23-26-36)39-18-10-13-32-12-6-7-16-38(32)39/h3-31H,1-2H3. The minimum Gasteiger partial charge on any atom is -0.455 e. The third-order valence-corrected chi connectivity index (χ3v) is 10.9. The first kappa shape index (κ1) is 29.5. The van der Waals surface area contributed by atoms with Gasteiger partial charge in [0, 0.05) is 38.8 Å². The van der Waals surface area contributed by atoms with E-state index in [4.69, 9.17) is 4.42 Å². The van der Waals surface area contributed by atoms with E-state index in [9.17, 15) is 0 Å². The van der Waals surface area contributed by atoms with Gasteiger partial charge in [0.1, 0.15) is 11.2 Å². The lowest BCUT2D eigenvalue weighted by atomic mass is 9.81. The van der Waals surface area contributed by atoms with Gasteiger partial charge in [-0.15, -0.1) is 0 Å². The number of para-hydroxylation sites is 3. The smallest absolute Gasteiger partial charge is 0.143 e. The summed E-state index contributed by atoms with van der Waals surface area (Å²) in [4.78, 5) is 2.37. The van der Waals surface area contributed by atoms with E-state index in [1.807, 2.05) is 6.07 Å². The van der Waals surface area contributed by atoms with Crippen LogP contribution in [0.15, 0.2) is 180 Å². The predicted molar refractivity (Wildman–Crippen MR) is 214 cm³/mol. The molecule has 0 saturated carbocycles. The number of furan rings is 1. The van der Waals surface area contributed by atoms with Gasteiger partial charge < -0.3 is 9.32 Å². The Bertz CT molecular complexity index is 2770. The van der Waals surface area contributed by atoms with Crippen molar-refractivity contribution in [3.8, 4) is 33.4 Å². The van der Waals surface area contributed by atoms with Gasteiger partial charge in [-0.05, 0) is 98.2 Å². The average molecular weight is 654 g/mol. The zero-order valence-corrected chi connectivity index (χ0v) is 28.6. The first-order chi connectivity index (χ1) is 25.0. The molecule has 2 heteroatoms. The third-order valence-electron chi connectivity index (χ3n) is 10.9. The van der Waals surface area contributed by atoms with Crippen molar-refractivity contribution in [3.63, 3.8) is 0 Å². The predicted octanol–water partition coefficient (Wildman–Crippen LogP) is 13.8. The summed E-state index contributed by atoms with van der Waals surface area (Å²) >= 11 is 0. The maximum atomic E-state index is 6.44. The van der Waals surface area contributed by atoms with Crippen LogP contribution in [0.5, 0.6) is 0 Å². The molecule has 242 valence electrons. The summed E-state index contributed by atoms with van der Waals surface area (Å²) in [5.41, 5.74) is 15.1. The lowest BCUT2D eigenvalue weighted by Crippen LogP contribution is -2.16. The number of benzene rings is 8. The fraction of sp³-hybridized carbons (Fsp3) is 0.0612. The van der Waals surface area contributed by atoms with Crippen molar-refractivity contribution in [1.82, 2.24) is 0 Å². The second-order valence-corrected chi connectivity index (χ2v) is 14.1. The molecule has 51 heavy (non-hydrogen) atoms. The van der Waals surface area contributed by atoms with Crippen molar-refractivity contribution < 1.29 is 4.42 Å². The van der Waals surface area contributed by atoms with Crippen LogP contribution in [0.1, 0.15) is 25.0 Å². The SMILES string of the molecule is CC1(C)c2cc(-c3cccc4c3oc3ccccc34)ccc2-c2ccc(N(c3ccccc3)c3ccc(-c4cccc5ccccc45)cc3)cc21. The molecule has 0 N–H and O–H groups in total. The molecule has 0 bridgehead atoms. The highest BCUT2D eigenvalue weighted by Crippen LogP contribution is 2.52. The molecule has 0 spiro atoms. The zero-order chi connectivity index (χ0) is 34.1. The van der Waals surface area contributed by atoms with E-state index in [1.165, 1.54) is 49.7 Å². The summed E-state index contributed by atoms with van der Waals surface area (Å²) in [7, 11) is 0. The molecule has 1 aromatic heterocycles. The number of hydrogen-bond donors (Lipinski definition) is 0. The largest absolute Gasteiger partial charge is 0.455 e. The van der Waals surface area contributed by atoms with Gasteiger partial charge >= 0.3 is 0 Å². The molecule has 1 aliphatic rings. The number of anilines is 3. The molecular weight excluding hydrogens is 619 g/mol. The second kappa shape index (κ2) is 11.3. The Kier molecular flexibility index (Phi) is 6.56. The highest BCUT2D eigenvalue weighted by Gasteiger charge is 2.36. The molecule has 9 aromatic rings. The molecule has 1 aliphatic carbocycles. The van der Waals surface area contributed by atoms with E-state index in [0.29, 0.717) is 0 Å². The number of hydrogen-bond acceptors (Lipinski definition) is 2. The Balaban J connectivity index is 1.05. The topological polar surface area (TPSA) is 16.4 Å². The molecule has 0 saturated heterocycles. The monoisotopic (exact) mass is 653 g/mol. The van der Waals surface area contributed by atoms with E-state index in [1.54, 1.807) is 0 Å². The Morgan fingerprint density at radius 1 is 0.412 bits per heavy atom. The van der Waals surface area contributed by atoms with Crippen LogP contribution in [0, 0.1) is 0 Å². The maximum Gasteiger partial charge on any atom is 0.143 e. The van der Waals surface area contributed by atoms with Gasteiger partial charge in [-0.3, -0.25) is 0 Å². The van der Waals surface area contributed by atoms with Crippen LogP contribution in [-0.4, -0.2) is 0 Å². The summed E-state index contributed by atoms with van der Waals surface area (Å²) < 4.78 is 6.44. The van der Waals surface area contributed by atoms with Crippen LogP contribution in [0.2, 0.25) is 0 Å². The molecule has 2 nitrogen and oxygen atoms in total. The van der Waals surface area contributed by atoms with Crippen molar-refractivity contribution in [2.45, 2.75) is 19.3 Å². The van der Waals surface area contributed by atoms with Crippen LogP contribution in [-0.2, 0) is 5.41 Å². The molecule has 8 aromatic carbocycles. The summed E-state index contributed by atoms with van der Waals surface area (Å²) in [6.07, 6.45) is 0. The van der Waals surface area contributed by atoms with Crippen molar-refractivity contribution in [3.05, 3.63) is 187 Å². The first-order valence-electron chi connectivity index (χ1n) is 17.7. The fourth-order valence-corrected chi connectivity index (χ4v) is 8.30. The van der Waals surface area contributed by atoms with Gasteiger partial charge in [-0.2, -0.15) is 0 Å². The van der Waals surface area contributed by atoms with Crippen LogP contribution in [0.3, 0.4) is 0 Å². The van der Waals surface area contributed by atoms with E-state index in [0.717, 1.165) is 44.6 Å². The number of nitrogens with zero attached hydrogens (tertiary/aromatic N) is 1. The van der Waals surface area contributed by atoms with Gasteiger partial charge in [0.2, 0.25) is 0 Å². The molecule has 0 aliphatic heterocycles. The molecular formula is C49H35NO. The average Bonchev–Trinajstić information content (AvgIpc) is 3.67. The van der Waals surface area contributed by atoms with E-state index in [-0.39, 0.29) is 5.41 Å². The van der Waals surface area contributed by atoms with Crippen LogP contribution < -0.4 is 4.90 Å². The molecule has 0 atom stereocenters. The highest BCUT2D eigenvalue weighted by molar-refractivity contribution is 6.09. The van der Waals surface area contributed by atoms with Gasteiger partial charge in [0.25, 0.3) is 0 Å². The summed E-state index contributed by atoms with van der Waals surface area (Å²) in [5.74, 6) is 0. The third kappa shape index (κ3) is 4.64. The van der Waals surface area contributed by atoms with E-state index in [2.05, 4.69) is 189 Å². The van der Waals surface area contributed by atoms with Crippen LogP contribution >= 0.6 is 0 Å². The van der Waals surface area contributed by atoms with Gasteiger partial charge in [-0.1, -0.05) is 141 Å². The molecule has 0 unspecified atom stereocenters. The Morgan fingerprint density at radius 2 is 1.00 bits per heavy atom. The van der Waals surface area contributed by atoms with Crippen molar-refractivity contribution >= 4 is 49.8 Å². The molecule has 0 fully saturated rings. The fourth-order valence-electron chi connectivity index (χ4n) is 8.30. The van der Waals surface area contributed by atoms with Gasteiger partial charge in [-0.25, -0.2) is 0 Å². The van der Waals surface area contributed by atoms with Crippen LogP contribution in [0.25, 0.3) is 66.1 Å². The Labute approximate surface area is 297 Å². The maximum absolute atomic E-state index is 6.44. The lowest BCUT2D eigenvalue weighted by molar-refractivity contribution is 0.660. The van der Waals surface area contributed by atoms with E-state index >= 15 is 0 Å². The van der Waals surface area contributed by atoms with Crippen molar-refractivity contribution in [2.75, 3.05) is 4.90 Å². The lowest BCUT2D eigenvalue weighted by Gasteiger charge is -2.28. The zero-order valence-electron chi connectivity index (χ0n) is 28.6. The minimum absolute atomic E-state index is 0.195. The van der Waals surface area contributed by atoms with Crippen molar-refractivity contribution in [2.24, 2.45) is 0 Å². The Morgan fingerprint density at radius 3 is 1.84 bits per heavy atom. The summed E-state index contributed by atoms with van der Waals surface area (Å²) in [6, 6.07) is 63.6. The highest BCUT2D eigenvalue weighted by atomic mass is 16.3. The number of rotatable bonds is 5.